The third-order valence-corrected chi connectivity index (χ3v) is 1.74. The average Bonchev–Trinajstić information content (AvgIpc) is 1.99. The first-order valence-corrected chi connectivity index (χ1v) is 5.30. The standard InChI is InChI=1S/C11H22N2O2/c1-6-9(12)7-8(2)13-10(14)15-11(3,4)5/h8,12H,6-7H2,1-5H3,(H,13,14). The van der Waals surface area contributed by atoms with E-state index in [-0.39, 0.29) is 6.04 Å². The maximum absolute atomic E-state index is 11.3. The second-order valence-electron chi connectivity index (χ2n) is 4.71. The maximum Gasteiger partial charge on any atom is 0.407 e. The Kier molecular flexibility index (Phi) is 5.33. The largest absolute Gasteiger partial charge is 0.444 e. The van der Waals surface area contributed by atoms with Gasteiger partial charge in [-0.3, -0.25) is 0 Å². The number of carbonyl (C=O) groups is 1. The van der Waals surface area contributed by atoms with Crippen LogP contribution >= 0.6 is 0 Å². The molecule has 0 fully saturated rings. The minimum Gasteiger partial charge on any atom is -0.444 e. The van der Waals surface area contributed by atoms with E-state index in [9.17, 15) is 4.79 Å². The molecule has 4 heteroatoms. The molecule has 0 aromatic carbocycles. The van der Waals surface area contributed by atoms with Crippen LogP contribution in [0, 0.1) is 5.41 Å². The number of ether oxygens (including phenoxy) is 1. The summed E-state index contributed by atoms with van der Waals surface area (Å²) in [5.41, 5.74) is 0.167. The highest BCUT2D eigenvalue weighted by Crippen LogP contribution is 2.07. The summed E-state index contributed by atoms with van der Waals surface area (Å²) < 4.78 is 5.10. The summed E-state index contributed by atoms with van der Waals surface area (Å²) in [5, 5.41) is 10.2. The van der Waals surface area contributed by atoms with Crippen molar-refractivity contribution in [1.29, 1.82) is 5.41 Å². The van der Waals surface area contributed by atoms with Gasteiger partial charge in [0, 0.05) is 18.2 Å². The van der Waals surface area contributed by atoms with Gasteiger partial charge in [0.15, 0.2) is 0 Å². The summed E-state index contributed by atoms with van der Waals surface area (Å²) in [6, 6.07) is -0.0488. The van der Waals surface area contributed by atoms with Crippen LogP contribution in [-0.2, 0) is 4.74 Å². The van der Waals surface area contributed by atoms with Crippen LogP contribution in [-0.4, -0.2) is 23.4 Å². The van der Waals surface area contributed by atoms with E-state index in [2.05, 4.69) is 5.32 Å². The topological polar surface area (TPSA) is 62.2 Å². The third-order valence-electron chi connectivity index (χ3n) is 1.74. The van der Waals surface area contributed by atoms with E-state index in [1.54, 1.807) is 0 Å². The Labute approximate surface area is 91.9 Å². The molecule has 0 bridgehead atoms. The molecule has 0 radical (unpaired) electrons. The van der Waals surface area contributed by atoms with Crippen LogP contribution in [0.2, 0.25) is 0 Å². The van der Waals surface area contributed by atoms with Crippen LogP contribution in [0.25, 0.3) is 0 Å². The van der Waals surface area contributed by atoms with Gasteiger partial charge in [0.1, 0.15) is 5.60 Å². The normalized spacial score (nSPS) is 13.1. The minimum absolute atomic E-state index is 0.0488. The third kappa shape index (κ3) is 7.97. The van der Waals surface area contributed by atoms with E-state index in [1.807, 2.05) is 34.6 Å². The molecule has 0 aromatic rings. The summed E-state index contributed by atoms with van der Waals surface area (Å²) in [4.78, 5) is 11.3. The van der Waals surface area contributed by atoms with Crippen LogP contribution in [0.15, 0.2) is 0 Å². The summed E-state index contributed by atoms with van der Waals surface area (Å²) in [6.07, 6.45) is 0.884. The minimum atomic E-state index is -0.470. The van der Waals surface area contributed by atoms with Crippen molar-refractivity contribution in [3.05, 3.63) is 0 Å². The molecular formula is C11H22N2O2. The lowest BCUT2D eigenvalue weighted by Gasteiger charge is -2.21. The van der Waals surface area contributed by atoms with Crippen molar-refractivity contribution >= 4 is 11.8 Å². The maximum atomic E-state index is 11.3. The van der Waals surface area contributed by atoms with E-state index >= 15 is 0 Å². The zero-order valence-corrected chi connectivity index (χ0v) is 10.3. The van der Waals surface area contributed by atoms with Gasteiger partial charge in [0.2, 0.25) is 0 Å². The summed E-state index contributed by atoms with van der Waals surface area (Å²) in [5.74, 6) is 0. The van der Waals surface area contributed by atoms with Gasteiger partial charge in [-0.2, -0.15) is 0 Å². The highest BCUT2D eigenvalue weighted by molar-refractivity contribution is 5.82. The van der Waals surface area contributed by atoms with Crippen molar-refractivity contribution in [3.63, 3.8) is 0 Å². The smallest absolute Gasteiger partial charge is 0.407 e. The van der Waals surface area contributed by atoms with Crippen LogP contribution in [0.3, 0.4) is 0 Å². The van der Waals surface area contributed by atoms with E-state index in [0.29, 0.717) is 12.1 Å². The van der Waals surface area contributed by atoms with Gasteiger partial charge in [-0.25, -0.2) is 4.79 Å². The molecule has 0 aliphatic carbocycles. The predicted octanol–water partition coefficient (Wildman–Crippen LogP) is 2.72. The molecule has 0 spiro atoms. The number of hydrogen-bond acceptors (Lipinski definition) is 3. The van der Waals surface area contributed by atoms with Crippen LogP contribution in [0.4, 0.5) is 4.79 Å². The molecule has 0 aliphatic rings. The molecule has 0 aromatic heterocycles. The van der Waals surface area contributed by atoms with Gasteiger partial charge in [-0.1, -0.05) is 6.92 Å². The van der Waals surface area contributed by atoms with Gasteiger partial charge >= 0.3 is 6.09 Å². The van der Waals surface area contributed by atoms with Crippen LogP contribution in [0.1, 0.15) is 47.5 Å². The molecule has 1 unspecified atom stereocenters. The Morgan fingerprint density at radius 3 is 2.40 bits per heavy atom. The molecule has 2 N–H and O–H groups in total. The number of rotatable bonds is 4. The Bertz CT molecular complexity index is 231. The fourth-order valence-electron chi connectivity index (χ4n) is 1.07. The lowest BCUT2D eigenvalue weighted by Crippen LogP contribution is -2.38. The van der Waals surface area contributed by atoms with Crippen molar-refractivity contribution in [2.45, 2.75) is 59.1 Å². The van der Waals surface area contributed by atoms with Crippen molar-refractivity contribution < 1.29 is 9.53 Å². The number of alkyl carbamates (subject to hydrolysis) is 1. The van der Waals surface area contributed by atoms with Crippen molar-refractivity contribution in [1.82, 2.24) is 5.32 Å². The fourth-order valence-corrected chi connectivity index (χ4v) is 1.07. The second-order valence-corrected chi connectivity index (χ2v) is 4.71. The predicted molar refractivity (Wildman–Crippen MR) is 61.5 cm³/mol. The molecular weight excluding hydrogens is 192 g/mol. The first-order chi connectivity index (χ1) is 6.74. The van der Waals surface area contributed by atoms with E-state index < -0.39 is 11.7 Å². The first kappa shape index (κ1) is 13.9. The zero-order chi connectivity index (χ0) is 12.1. The SMILES string of the molecule is CCC(=N)CC(C)NC(=O)OC(C)(C)C. The molecule has 0 rings (SSSR count). The van der Waals surface area contributed by atoms with E-state index in [4.69, 9.17) is 10.1 Å². The van der Waals surface area contributed by atoms with Gasteiger partial charge in [0.25, 0.3) is 0 Å². The summed E-state index contributed by atoms with van der Waals surface area (Å²) in [6.45, 7) is 9.28. The second kappa shape index (κ2) is 5.73. The highest BCUT2D eigenvalue weighted by Gasteiger charge is 2.17. The van der Waals surface area contributed by atoms with Crippen molar-refractivity contribution in [2.75, 3.05) is 0 Å². The Hall–Kier alpha value is -1.06. The first-order valence-electron chi connectivity index (χ1n) is 5.30. The van der Waals surface area contributed by atoms with Crippen molar-refractivity contribution in [3.8, 4) is 0 Å². The zero-order valence-electron chi connectivity index (χ0n) is 10.3. The molecule has 4 nitrogen and oxygen atoms in total. The molecule has 0 heterocycles. The van der Waals surface area contributed by atoms with E-state index in [1.165, 1.54) is 0 Å². The Balaban J connectivity index is 3.92. The lowest BCUT2D eigenvalue weighted by atomic mass is 10.1. The van der Waals surface area contributed by atoms with Gasteiger partial charge in [0.05, 0.1) is 0 Å². The molecule has 0 saturated carbocycles. The van der Waals surface area contributed by atoms with Gasteiger partial charge < -0.3 is 15.5 Å². The van der Waals surface area contributed by atoms with Crippen LogP contribution < -0.4 is 5.32 Å². The summed E-state index contributed by atoms with van der Waals surface area (Å²) >= 11 is 0. The summed E-state index contributed by atoms with van der Waals surface area (Å²) in [7, 11) is 0. The molecule has 88 valence electrons. The van der Waals surface area contributed by atoms with Crippen LogP contribution in [0.5, 0.6) is 0 Å². The molecule has 0 saturated heterocycles. The number of nitrogens with one attached hydrogen (secondary N) is 2. The Morgan fingerprint density at radius 1 is 1.47 bits per heavy atom. The monoisotopic (exact) mass is 214 g/mol. The number of carbonyl (C=O) groups excluding carboxylic acids is 1. The molecule has 1 atom stereocenters. The molecule has 0 aliphatic heterocycles. The number of amides is 1. The number of hydrogen-bond donors (Lipinski definition) is 2. The van der Waals surface area contributed by atoms with E-state index in [0.717, 1.165) is 6.42 Å². The molecule has 1 amide bonds. The highest BCUT2D eigenvalue weighted by atomic mass is 16.6. The lowest BCUT2D eigenvalue weighted by molar-refractivity contribution is 0.0510. The fraction of sp³-hybridized carbons (Fsp3) is 0.818. The van der Waals surface area contributed by atoms with Gasteiger partial charge in [-0.15, -0.1) is 0 Å². The van der Waals surface area contributed by atoms with Crippen molar-refractivity contribution in [2.24, 2.45) is 0 Å². The average molecular weight is 214 g/mol. The Morgan fingerprint density at radius 2 is 2.00 bits per heavy atom. The quantitative estimate of drug-likeness (QED) is 0.707. The van der Waals surface area contributed by atoms with Gasteiger partial charge in [-0.05, 0) is 34.1 Å². The molecule has 15 heavy (non-hydrogen) atoms.